The number of hydrogen-bond acceptors (Lipinski definition) is 27. The monoisotopic (exact) mass is 981 g/mol. The minimum Gasteiger partial charge on any atom is -0.410 e. The zero-order valence-electron chi connectivity index (χ0n) is 37.0. The van der Waals surface area contributed by atoms with Gasteiger partial charge in [-0.25, -0.2) is 0 Å². The van der Waals surface area contributed by atoms with Crippen LogP contribution in [-0.2, 0) is 61.7 Å². The molecule has 1 amide bonds. The van der Waals surface area contributed by atoms with E-state index in [-0.39, 0.29) is 6.47 Å². The predicted octanol–water partition coefficient (Wildman–Crippen LogP) is -9.28. The summed E-state index contributed by atoms with van der Waals surface area (Å²) in [6.07, 6.45) is -38.4. The summed E-state index contributed by atoms with van der Waals surface area (Å²) in [6, 6.07) is -1.64. The van der Waals surface area contributed by atoms with Gasteiger partial charge in [0.1, 0.15) is 97.6 Å². The fourth-order valence-electron chi connectivity index (χ4n) is 9.16. The maximum Gasteiger partial charge on any atom is 0.332 e. The van der Waals surface area contributed by atoms with Crippen molar-refractivity contribution in [1.82, 2.24) is 5.32 Å². The first-order valence-electron chi connectivity index (χ1n) is 21.7. The second-order valence-corrected chi connectivity index (χ2v) is 17.2. The second kappa shape index (κ2) is 24.4. The zero-order valence-corrected chi connectivity index (χ0v) is 37.0. The molecule has 1 saturated carbocycles. The summed E-state index contributed by atoms with van der Waals surface area (Å²) >= 11 is 0. The van der Waals surface area contributed by atoms with Gasteiger partial charge < -0.3 is 129 Å². The molecule has 25 unspecified atom stereocenters. The number of rotatable bonds is 20. The van der Waals surface area contributed by atoms with Gasteiger partial charge in [0.15, 0.2) is 18.9 Å². The highest BCUT2D eigenvalue weighted by Crippen LogP contribution is 2.42. The van der Waals surface area contributed by atoms with E-state index in [1.807, 2.05) is 0 Å². The van der Waals surface area contributed by atoms with Crippen LogP contribution in [0.1, 0.15) is 26.7 Å². The Balaban J connectivity index is 1.45. The summed E-state index contributed by atoms with van der Waals surface area (Å²) in [4.78, 5) is 24.7. The standard InChI is InChI=1S/C39H67NO27/c1-13-16(48)6-39(59-12-46,66-30(13)24(51)17(49)8-42)67-34-23(50)15(7-41)5-18(25(34)52)60-33-22(40-14(2)47)36(61-19(9-43)26(33)53)65-35-29(56)38(63-21(11-45)32(35)57-3)64-31-20(10-44)62-37(58-4)28(55)27(31)54/h12-13,15-38,41-45,48-56H,5-11H2,1-4H3,(H,40,47)/t13?,15?,16?,17-,18?,19?,20?,21?,22?,23?,24?,25?,26?,27?,28?,29?,30?,31?,32?,33?,34?,35?,36?,37?,38?,39?/m0/s1. The summed E-state index contributed by atoms with van der Waals surface area (Å²) in [5, 5.41) is 153. The van der Waals surface area contributed by atoms with E-state index in [2.05, 4.69) is 5.32 Å². The number of aliphatic hydroxyl groups is 14. The van der Waals surface area contributed by atoms with Crippen LogP contribution >= 0.6 is 0 Å². The van der Waals surface area contributed by atoms with Gasteiger partial charge in [-0.1, -0.05) is 6.92 Å². The molecule has 390 valence electrons. The molecule has 0 bridgehead atoms. The molecule has 0 aromatic carbocycles. The van der Waals surface area contributed by atoms with Crippen molar-refractivity contribution >= 4 is 12.4 Å². The van der Waals surface area contributed by atoms with E-state index >= 15 is 0 Å². The van der Waals surface area contributed by atoms with Gasteiger partial charge in [0, 0.05) is 39.6 Å². The number of hydrogen-bond donors (Lipinski definition) is 15. The molecule has 0 radical (unpaired) electrons. The second-order valence-electron chi connectivity index (χ2n) is 17.2. The molecule has 1 aliphatic carbocycles. The Bertz CT molecular complexity index is 1540. The molecule has 28 nitrogen and oxygen atoms in total. The van der Waals surface area contributed by atoms with Crippen LogP contribution in [0.5, 0.6) is 0 Å². The molecule has 4 heterocycles. The SMILES string of the molecule is COC1OC(CO)C(OC2OC(CO)C(OC)C(OC3OC(CO)C(O)C(OC4CC(CO)C(O)C(OC5(OC=O)CC(O)C(C)C(C(O)[C@@H](O)CO)O5)C4O)C3NC(C)=O)C2O)C(O)C1O. The van der Waals surface area contributed by atoms with E-state index in [1.165, 1.54) is 21.1 Å². The largest absolute Gasteiger partial charge is 0.410 e. The summed E-state index contributed by atoms with van der Waals surface area (Å²) in [7, 11) is 2.35. The third-order valence-corrected chi connectivity index (χ3v) is 12.9. The van der Waals surface area contributed by atoms with Gasteiger partial charge in [0.05, 0.1) is 57.3 Å². The molecule has 5 rings (SSSR count). The van der Waals surface area contributed by atoms with Gasteiger partial charge in [-0.15, -0.1) is 0 Å². The van der Waals surface area contributed by atoms with Crippen molar-refractivity contribution in [2.75, 3.05) is 47.3 Å². The van der Waals surface area contributed by atoms with Crippen LogP contribution in [0, 0.1) is 11.8 Å². The van der Waals surface area contributed by atoms with E-state index in [0.717, 1.165) is 6.92 Å². The van der Waals surface area contributed by atoms with E-state index in [9.17, 15) is 81.1 Å². The molecule has 28 heteroatoms. The van der Waals surface area contributed by atoms with E-state index < -0.39 is 210 Å². The van der Waals surface area contributed by atoms with Crippen molar-refractivity contribution in [2.24, 2.45) is 11.8 Å². The van der Waals surface area contributed by atoms with Gasteiger partial charge >= 0.3 is 5.97 Å². The number of amides is 1. The van der Waals surface area contributed by atoms with Crippen LogP contribution in [0.15, 0.2) is 0 Å². The normalized spacial score (nSPS) is 47.2. The summed E-state index contributed by atoms with van der Waals surface area (Å²) in [5.74, 6) is -5.67. The number of ether oxygens (including phenoxy) is 11. The van der Waals surface area contributed by atoms with E-state index in [1.54, 1.807) is 0 Å². The Labute approximate surface area is 383 Å². The van der Waals surface area contributed by atoms with Crippen molar-refractivity contribution < 1.29 is 133 Å². The van der Waals surface area contributed by atoms with Crippen molar-refractivity contribution in [3.05, 3.63) is 0 Å². The molecule has 26 atom stereocenters. The van der Waals surface area contributed by atoms with Crippen LogP contribution in [-0.4, -0.2) is 278 Å². The Morgan fingerprint density at radius 1 is 0.701 bits per heavy atom. The van der Waals surface area contributed by atoms with Crippen LogP contribution < -0.4 is 5.32 Å². The molecule has 67 heavy (non-hydrogen) atoms. The van der Waals surface area contributed by atoms with Gasteiger partial charge in [-0.3, -0.25) is 9.59 Å². The zero-order chi connectivity index (χ0) is 49.7. The van der Waals surface area contributed by atoms with Gasteiger partial charge in [-0.05, 0) is 6.42 Å². The molecule has 5 aliphatic rings. The van der Waals surface area contributed by atoms with Crippen molar-refractivity contribution in [3.63, 3.8) is 0 Å². The molecule has 5 fully saturated rings. The fourth-order valence-corrected chi connectivity index (χ4v) is 9.16. The van der Waals surface area contributed by atoms with Crippen LogP contribution in [0.4, 0.5) is 0 Å². The highest BCUT2D eigenvalue weighted by atomic mass is 16.9. The summed E-state index contributed by atoms with van der Waals surface area (Å²) in [6.45, 7) is -1.92. The highest BCUT2D eigenvalue weighted by Gasteiger charge is 2.59. The average Bonchev–Trinajstić information content (AvgIpc) is 3.30. The number of nitrogens with one attached hydrogen (secondary N) is 1. The Morgan fingerprint density at radius 2 is 1.31 bits per heavy atom. The van der Waals surface area contributed by atoms with Crippen molar-refractivity contribution in [2.45, 2.75) is 174 Å². The maximum absolute atomic E-state index is 12.8. The lowest BCUT2D eigenvalue weighted by Crippen LogP contribution is -2.70. The van der Waals surface area contributed by atoms with Crippen LogP contribution in [0.25, 0.3) is 0 Å². The predicted molar refractivity (Wildman–Crippen MR) is 211 cm³/mol. The summed E-state index contributed by atoms with van der Waals surface area (Å²) in [5.41, 5.74) is 0. The number of carbonyl (C=O) groups is 2. The van der Waals surface area contributed by atoms with Gasteiger partial charge in [0.25, 0.3) is 6.47 Å². The molecule has 15 N–H and O–H groups in total. The van der Waals surface area contributed by atoms with Crippen LogP contribution in [0.2, 0.25) is 0 Å². The number of carbonyl (C=O) groups excluding carboxylic acids is 2. The van der Waals surface area contributed by atoms with E-state index in [4.69, 9.17) is 52.1 Å². The van der Waals surface area contributed by atoms with Gasteiger partial charge in [0.2, 0.25) is 5.91 Å². The third-order valence-electron chi connectivity index (χ3n) is 12.9. The lowest BCUT2D eigenvalue weighted by Gasteiger charge is -2.52. The Morgan fingerprint density at radius 3 is 1.88 bits per heavy atom. The number of methoxy groups -OCH3 is 2. The quantitative estimate of drug-likeness (QED) is 0.0398. The summed E-state index contributed by atoms with van der Waals surface area (Å²) < 4.78 is 63.0. The smallest absolute Gasteiger partial charge is 0.332 e. The van der Waals surface area contributed by atoms with Crippen molar-refractivity contribution in [1.29, 1.82) is 0 Å². The fraction of sp³-hybridized carbons (Fsp3) is 0.949. The Hall–Kier alpha value is -2.02. The highest BCUT2D eigenvalue weighted by molar-refractivity contribution is 5.73. The first kappa shape index (κ1) is 55.9. The maximum atomic E-state index is 12.8. The molecule has 0 aromatic rings. The molecule has 4 saturated heterocycles. The van der Waals surface area contributed by atoms with Gasteiger partial charge in [-0.2, -0.15) is 0 Å². The first-order chi connectivity index (χ1) is 31.8. The average molecular weight is 982 g/mol. The van der Waals surface area contributed by atoms with Crippen LogP contribution in [0.3, 0.4) is 0 Å². The minimum atomic E-state index is -2.69. The molecular weight excluding hydrogens is 914 g/mol. The topological polar surface area (TPSA) is 431 Å². The number of aliphatic hydroxyl groups excluding tert-OH is 14. The Kier molecular flexibility index (Phi) is 20.4. The molecule has 0 spiro atoms. The van der Waals surface area contributed by atoms with Crippen molar-refractivity contribution in [3.8, 4) is 0 Å². The molecule has 0 aromatic heterocycles. The lowest BCUT2D eigenvalue weighted by molar-refractivity contribution is -0.438. The molecule has 4 aliphatic heterocycles. The lowest BCUT2D eigenvalue weighted by atomic mass is 9.80. The molecular formula is C39H67NO27. The third kappa shape index (κ3) is 12.0. The minimum absolute atomic E-state index is 0.152. The van der Waals surface area contributed by atoms with E-state index in [0.29, 0.717) is 0 Å². The first-order valence-corrected chi connectivity index (χ1v) is 21.7.